The van der Waals surface area contributed by atoms with Crippen LogP contribution in [0.25, 0.3) is 0 Å². The third-order valence-corrected chi connectivity index (χ3v) is 2.99. The molecule has 2 rings (SSSR count). The summed E-state index contributed by atoms with van der Waals surface area (Å²) in [5, 5.41) is 1.15. The molecule has 15 heavy (non-hydrogen) atoms. The van der Waals surface area contributed by atoms with E-state index in [1.807, 2.05) is 30.3 Å². The van der Waals surface area contributed by atoms with Crippen molar-refractivity contribution in [2.75, 3.05) is 0 Å². The molecule has 0 saturated carbocycles. The van der Waals surface area contributed by atoms with Crippen LogP contribution in [0.4, 0.5) is 0 Å². The zero-order valence-corrected chi connectivity index (χ0v) is 8.78. The van der Waals surface area contributed by atoms with E-state index in [4.69, 9.17) is 0 Å². The van der Waals surface area contributed by atoms with E-state index in [9.17, 15) is 8.42 Å². The van der Waals surface area contributed by atoms with E-state index in [0.29, 0.717) is 6.42 Å². The van der Waals surface area contributed by atoms with Crippen LogP contribution in [0.2, 0.25) is 0 Å². The highest BCUT2D eigenvalue weighted by atomic mass is 32.2. The molecule has 1 aliphatic rings. The van der Waals surface area contributed by atoms with Crippen LogP contribution < -0.4 is 0 Å². The van der Waals surface area contributed by atoms with Crippen LogP contribution >= 0.6 is 0 Å². The van der Waals surface area contributed by atoms with Crippen molar-refractivity contribution in [3.63, 3.8) is 0 Å². The fourth-order valence-corrected chi connectivity index (χ4v) is 2.18. The summed E-state index contributed by atoms with van der Waals surface area (Å²) >= 11 is 0. The summed E-state index contributed by atoms with van der Waals surface area (Å²) in [6.07, 6.45) is 3.46. The maximum atomic E-state index is 11.1. The first kappa shape index (κ1) is 9.98. The van der Waals surface area contributed by atoms with Gasteiger partial charge in [-0.2, -0.15) is 8.42 Å². The molecular weight excluding hydrogens is 212 g/mol. The topological polar surface area (TPSA) is 43.4 Å². The number of hydrogen-bond donors (Lipinski definition) is 0. The van der Waals surface area contributed by atoms with Crippen molar-refractivity contribution in [2.24, 2.45) is 0 Å². The van der Waals surface area contributed by atoms with E-state index in [0.717, 1.165) is 16.5 Å². The van der Waals surface area contributed by atoms with Gasteiger partial charge in [0, 0.05) is 0 Å². The molecule has 78 valence electrons. The summed E-state index contributed by atoms with van der Waals surface area (Å²) in [7, 11) is -3.50. The van der Waals surface area contributed by atoms with Crippen LogP contribution in [-0.2, 0) is 20.7 Å². The minimum absolute atomic E-state index is 0.597. The van der Waals surface area contributed by atoms with Gasteiger partial charge in [0.15, 0.2) is 0 Å². The molecule has 0 saturated heterocycles. The SMILES string of the molecule is O=S1(=O)C=C(Cc2ccccc2)C=CO1. The van der Waals surface area contributed by atoms with Crippen LogP contribution in [-0.4, -0.2) is 8.42 Å². The Hall–Kier alpha value is -1.55. The van der Waals surface area contributed by atoms with E-state index < -0.39 is 10.1 Å². The number of rotatable bonds is 2. The third kappa shape index (κ3) is 2.70. The highest BCUT2D eigenvalue weighted by molar-refractivity contribution is 7.89. The van der Waals surface area contributed by atoms with E-state index in [1.54, 1.807) is 6.08 Å². The molecule has 0 radical (unpaired) electrons. The molecule has 0 aromatic heterocycles. The highest BCUT2D eigenvalue weighted by Gasteiger charge is 2.11. The van der Waals surface area contributed by atoms with Crippen molar-refractivity contribution in [3.05, 3.63) is 59.2 Å². The first-order valence-corrected chi connectivity index (χ1v) is 5.97. The first-order valence-electron chi connectivity index (χ1n) is 4.50. The van der Waals surface area contributed by atoms with Crippen molar-refractivity contribution >= 4 is 10.1 Å². The molecule has 0 aliphatic carbocycles. The van der Waals surface area contributed by atoms with E-state index >= 15 is 0 Å². The molecule has 0 spiro atoms. The second-order valence-corrected chi connectivity index (χ2v) is 4.66. The van der Waals surface area contributed by atoms with Crippen LogP contribution in [0.1, 0.15) is 5.56 Å². The van der Waals surface area contributed by atoms with Crippen molar-refractivity contribution < 1.29 is 12.6 Å². The Balaban J connectivity index is 2.21. The largest absolute Gasteiger partial charge is 0.387 e. The molecule has 0 fully saturated rings. The van der Waals surface area contributed by atoms with Gasteiger partial charge in [-0.05, 0) is 23.6 Å². The predicted octanol–water partition coefficient (Wildman–Crippen LogP) is 1.99. The smallest absolute Gasteiger partial charge is 0.331 e. The average Bonchev–Trinajstić information content (AvgIpc) is 2.17. The van der Waals surface area contributed by atoms with Crippen molar-refractivity contribution in [2.45, 2.75) is 6.42 Å². The molecule has 4 heteroatoms. The summed E-state index contributed by atoms with van der Waals surface area (Å²) in [5.74, 6) is 0. The lowest BCUT2D eigenvalue weighted by Crippen LogP contribution is -2.03. The van der Waals surface area contributed by atoms with Crippen LogP contribution in [0.15, 0.2) is 53.7 Å². The van der Waals surface area contributed by atoms with Gasteiger partial charge >= 0.3 is 10.1 Å². The molecule has 0 bridgehead atoms. The van der Waals surface area contributed by atoms with Crippen LogP contribution in [0.5, 0.6) is 0 Å². The van der Waals surface area contributed by atoms with Crippen molar-refractivity contribution in [1.29, 1.82) is 0 Å². The van der Waals surface area contributed by atoms with Crippen molar-refractivity contribution in [3.8, 4) is 0 Å². The molecule has 0 amide bonds. The van der Waals surface area contributed by atoms with E-state index in [2.05, 4.69) is 4.18 Å². The predicted molar refractivity (Wildman–Crippen MR) is 57.4 cm³/mol. The summed E-state index contributed by atoms with van der Waals surface area (Å²) in [5.41, 5.74) is 1.80. The fraction of sp³-hybridized carbons (Fsp3) is 0.0909. The van der Waals surface area contributed by atoms with Gasteiger partial charge in [-0.25, -0.2) is 0 Å². The molecule has 1 aliphatic heterocycles. The molecule has 1 heterocycles. The molecule has 3 nitrogen and oxygen atoms in total. The lowest BCUT2D eigenvalue weighted by Gasteiger charge is -2.07. The molecule has 1 aromatic carbocycles. The van der Waals surface area contributed by atoms with E-state index in [-0.39, 0.29) is 0 Å². The maximum Gasteiger partial charge on any atom is 0.331 e. The Labute approximate surface area is 88.8 Å². The summed E-state index contributed by atoms with van der Waals surface area (Å²) in [6, 6.07) is 9.68. The first-order chi connectivity index (χ1) is 7.16. The monoisotopic (exact) mass is 222 g/mol. The lowest BCUT2D eigenvalue weighted by atomic mass is 10.1. The van der Waals surface area contributed by atoms with Gasteiger partial charge < -0.3 is 4.18 Å². The molecule has 0 atom stereocenters. The zero-order chi connectivity index (χ0) is 10.7. The number of benzene rings is 1. The summed E-state index contributed by atoms with van der Waals surface area (Å²) < 4.78 is 26.7. The van der Waals surface area contributed by atoms with Gasteiger partial charge in [0.1, 0.15) is 6.26 Å². The normalized spacial score (nSPS) is 18.0. The minimum Gasteiger partial charge on any atom is -0.387 e. The Morgan fingerprint density at radius 1 is 1.13 bits per heavy atom. The Kier molecular flexibility index (Phi) is 2.60. The number of hydrogen-bond acceptors (Lipinski definition) is 3. The molecule has 0 unspecified atom stereocenters. The zero-order valence-electron chi connectivity index (χ0n) is 7.96. The standard InChI is InChI=1S/C11H10O3S/c12-15(13)9-11(6-7-14-15)8-10-4-2-1-3-5-10/h1-7,9H,8H2. The van der Waals surface area contributed by atoms with E-state index in [1.165, 1.54) is 6.26 Å². The van der Waals surface area contributed by atoms with Gasteiger partial charge in [-0.3, -0.25) is 0 Å². The third-order valence-electron chi connectivity index (χ3n) is 2.02. The Bertz CT molecular complexity index is 498. The second kappa shape index (κ2) is 3.90. The summed E-state index contributed by atoms with van der Waals surface area (Å²) in [4.78, 5) is 0. The van der Waals surface area contributed by atoms with Gasteiger partial charge in [0.25, 0.3) is 0 Å². The molecule has 1 aromatic rings. The highest BCUT2D eigenvalue weighted by Crippen LogP contribution is 2.15. The van der Waals surface area contributed by atoms with Gasteiger partial charge in [-0.15, -0.1) is 0 Å². The van der Waals surface area contributed by atoms with Crippen LogP contribution in [0, 0.1) is 0 Å². The summed E-state index contributed by atoms with van der Waals surface area (Å²) in [6.45, 7) is 0. The van der Waals surface area contributed by atoms with Gasteiger partial charge in [0.05, 0.1) is 5.41 Å². The Morgan fingerprint density at radius 3 is 2.53 bits per heavy atom. The maximum absolute atomic E-state index is 11.1. The molecular formula is C11H10O3S. The van der Waals surface area contributed by atoms with Gasteiger partial charge in [-0.1, -0.05) is 30.3 Å². The quantitative estimate of drug-likeness (QED) is 0.719. The second-order valence-electron chi connectivity index (χ2n) is 3.25. The van der Waals surface area contributed by atoms with Crippen molar-refractivity contribution in [1.82, 2.24) is 0 Å². The fourth-order valence-electron chi connectivity index (χ4n) is 1.38. The molecule has 0 N–H and O–H groups in total. The average molecular weight is 222 g/mol. The van der Waals surface area contributed by atoms with Gasteiger partial charge in [0.2, 0.25) is 0 Å². The minimum atomic E-state index is -3.50. The Morgan fingerprint density at radius 2 is 1.87 bits per heavy atom. The number of allylic oxidation sites excluding steroid dienone is 2. The van der Waals surface area contributed by atoms with Crippen LogP contribution in [0.3, 0.4) is 0 Å². The lowest BCUT2D eigenvalue weighted by molar-refractivity contribution is 0.450.